The van der Waals surface area contributed by atoms with Gasteiger partial charge in [0.15, 0.2) is 0 Å². The van der Waals surface area contributed by atoms with Crippen LogP contribution in [-0.4, -0.2) is 18.0 Å². The molecule has 0 aliphatic rings. The zero-order valence-electron chi connectivity index (χ0n) is 12.1. The second-order valence-electron chi connectivity index (χ2n) is 5.14. The van der Waals surface area contributed by atoms with Gasteiger partial charge in [-0.05, 0) is 37.1 Å². The van der Waals surface area contributed by atoms with Gasteiger partial charge in [-0.15, -0.1) is 0 Å². The highest BCUT2D eigenvalue weighted by atomic mass is 79.9. The molecule has 0 saturated heterocycles. The van der Waals surface area contributed by atoms with Crippen LogP contribution < -0.4 is 5.32 Å². The number of nitrogens with one attached hydrogen (secondary N) is 1. The Balaban J connectivity index is 2.92. The Kier molecular flexibility index (Phi) is 6.88. The summed E-state index contributed by atoms with van der Waals surface area (Å²) in [7, 11) is 0. The maximum Gasteiger partial charge on any atom is 0.277 e. The molecule has 0 atom stereocenters. The van der Waals surface area contributed by atoms with E-state index < -0.39 is 0 Å². The molecule has 0 amide bonds. The summed E-state index contributed by atoms with van der Waals surface area (Å²) in [6, 6.07) is 5.15. The van der Waals surface area contributed by atoms with Crippen LogP contribution in [-0.2, 0) is 0 Å². The molecule has 1 rings (SSSR count). The molecule has 0 spiro atoms. The van der Waals surface area contributed by atoms with Gasteiger partial charge in [-0.25, -0.2) is 0 Å². The average molecular weight is 341 g/mol. The Morgan fingerprint density at radius 1 is 1.50 bits per heavy atom. The molecule has 1 aromatic rings. The summed E-state index contributed by atoms with van der Waals surface area (Å²) < 4.78 is 0.720. The van der Waals surface area contributed by atoms with Crippen molar-refractivity contribution >= 4 is 27.7 Å². The molecule has 4 nitrogen and oxygen atoms in total. The van der Waals surface area contributed by atoms with Crippen LogP contribution in [0.2, 0.25) is 0 Å². The molecule has 0 saturated carbocycles. The fourth-order valence-corrected chi connectivity index (χ4v) is 2.17. The van der Waals surface area contributed by atoms with Crippen LogP contribution in [0.15, 0.2) is 28.2 Å². The van der Waals surface area contributed by atoms with Crippen molar-refractivity contribution in [3.8, 4) is 0 Å². The van der Waals surface area contributed by atoms with Crippen LogP contribution in [0.3, 0.4) is 0 Å². The number of nitrogens with zero attached hydrogens (tertiary/aromatic N) is 1. The summed E-state index contributed by atoms with van der Waals surface area (Å²) in [4.78, 5) is 10.7. The number of nitro benzene ring substituents is 1. The van der Waals surface area contributed by atoms with Crippen LogP contribution in [0.25, 0.3) is 6.08 Å². The van der Waals surface area contributed by atoms with Gasteiger partial charge in [0.25, 0.3) is 5.69 Å². The van der Waals surface area contributed by atoms with Crippen LogP contribution in [0.5, 0.6) is 0 Å². The zero-order chi connectivity index (χ0) is 15.1. The van der Waals surface area contributed by atoms with E-state index in [1.807, 2.05) is 12.1 Å². The number of hydrogen-bond acceptors (Lipinski definition) is 3. The predicted octanol–water partition coefficient (Wildman–Crippen LogP) is 4.40. The number of rotatable bonds is 7. The zero-order valence-corrected chi connectivity index (χ0v) is 13.7. The minimum absolute atomic E-state index is 0.134. The molecule has 0 heterocycles. The summed E-state index contributed by atoms with van der Waals surface area (Å²) in [5.41, 5.74) is 1.95. The lowest BCUT2D eigenvalue weighted by Crippen LogP contribution is -2.21. The normalized spacial score (nSPS) is 11.9. The maximum absolute atomic E-state index is 11.1. The van der Waals surface area contributed by atoms with Gasteiger partial charge in [-0.3, -0.25) is 10.1 Å². The van der Waals surface area contributed by atoms with Gasteiger partial charge in [0.05, 0.1) is 10.5 Å². The molecule has 1 N–H and O–H groups in total. The number of nitro groups is 1. The van der Waals surface area contributed by atoms with Gasteiger partial charge in [0.1, 0.15) is 0 Å². The average Bonchev–Trinajstić information content (AvgIpc) is 2.38. The molecule has 0 bridgehead atoms. The lowest BCUT2D eigenvalue weighted by molar-refractivity contribution is -0.385. The highest BCUT2D eigenvalue weighted by molar-refractivity contribution is 9.10. The SMILES string of the molecule is CC/C(=C/c1ccc(Br)cc1[N+](=O)[O-])CNCC(C)C. The molecule has 0 aliphatic heterocycles. The molecule has 0 unspecified atom stereocenters. The van der Waals surface area contributed by atoms with E-state index >= 15 is 0 Å². The van der Waals surface area contributed by atoms with Crippen LogP contribution in [0.4, 0.5) is 5.69 Å². The van der Waals surface area contributed by atoms with Crippen LogP contribution in [0.1, 0.15) is 32.8 Å². The third-order valence-electron chi connectivity index (χ3n) is 2.91. The van der Waals surface area contributed by atoms with E-state index in [9.17, 15) is 10.1 Å². The van der Waals surface area contributed by atoms with E-state index in [2.05, 4.69) is 42.0 Å². The van der Waals surface area contributed by atoms with Gasteiger partial charge < -0.3 is 5.32 Å². The van der Waals surface area contributed by atoms with Gasteiger partial charge >= 0.3 is 0 Å². The lowest BCUT2D eigenvalue weighted by atomic mass is 10.1. The fraction of sp³-hybridized carbons (Fsp3) is 0.467. The van der Waals surface area contributed by atoms with Crippen LogP contribution in [0, 0.1) is 16.0 Å². The monoisotopic (exact) mass is 340 g/mol. The van der Waals surface area contributed by atoms with Crippen molar-refractivity contribution in [3.05, 3.63) is 43.9 Å². The smallest absolute Gasteiger partial charge is 0.277 e. The first-order valence-corrected chi connectivity index (χ1v) is 7.57. The first-order valence-electron chi connectivity index (χ1n) is 6.78. The van der Waals surface area contributed by atoms with E-state index in [1.54, 1.807) is 12.1 Å². The summed E-state index contributed by atoms with van der Waals surface area (Å²) in [5, 5.41) is 14.5. The van der Waals surface area contributed by atoms with Gasteiger partial charge in [-0.2, -0.15) is 0 Å². The second-order valence-corrected chi connectivity index (χ2v) is 6.06. The van der Waals surface area contributed by atoms with Gasteiger partial charge in [-0.1, -0.05) is 42.3 Å². The molecule has 0 radical (unpaired) electrons. The number of hydrogen-bond donors (Lipinski definition) is 1. The standard InChI is InChI=1S/C15H21BrN2O2/c1-4-12(10-17-9-11(2)3)7-13-5-6-14(16)8-15(13)18(19)20/h5-8,11,17H,4,9-10H2,1-3H3/b12-7-. The minimum Gasteiger partial charge on any atom is -0.313 e. The topological polar surface area (TPSA) is 55.2 Å². The summed E-state index contributed by atoms with van der Waals surface area (Å²) in [5.74, 6) is 0.593. The molecule has 0 aliphatic carbocycles. The highest BCUT2D eigenvalue weighted by Gasteiger charge is 2.12. The Hall–Kier alpha value is -1.20. The molecular weight excluding hydrogens is 320 g/mol. The van der Waals surface area contributed by atoms with E-state index in [4.69, 9.17) is 0 Å². The Bertz CT molecular complexity index is 499. The number of benzene rings is 1. The third kappa shape index (κ3) is 5.43. The Labute approximate surface area is 128 Å². The van der Waals surface area contributed by atoms with E-state index in [0.717, 1.165) is 29.6 Å². The van der Waals surface area contributed by atoms with E-state index in [1.165, 1.54) is 0 Å². The van der Waals surface area contributed by atoms with E-state index in [0.29, 0.717) is 11.5 Å². The molecule has 5 heteroatoms. The molecular formula is C15H21BrN2O2. The summed E-state index contributed by atoms with van der Waals surface area (Å²) >= 11 is 3.27. The maximum atomic E-state index is 11.1. The van der Waals surface area contributed by atoms with Gasteiger partial charge in [0.2, 0.25) is 0 Å². The second kappa shape index (κ2) is 8.17. The third-order valence-corrected chi connectivity index (χ3v) is 3.40. The first-order chi connectivity index (χ1) is 9.43. The highest BCUT2D eigenvalue weighted by Crippen LogP contribution is 2.25. The van der Waals surface area contributed by atoms with Gasteiger partial charge in [0, 0.05) is 17.1 Å². The largest absolute Gasteiger partial charge is 0.313 e. The molecule has 20 heavy (non-hydrogen) atoms. The predicted molar refractivity (Wildman–Crippen MR) is 86.8 cm³/mol. The van der Waals surface area contributed by atoms with Crippen molar-refractivity contribution in [1.82, 2.24) is 5.32 Å². The van der Waals surface area contributed by atoms with Crippen molar-refractivity contribution in [2.24, 2.45) is 5.92 Å². The Morgan fingerprint density at radius 3 is 2.75 bits per heavy atom. The lowest BCUT2D eigenvalue weighted by Gasteiger charge is -2.09. The molecule has 1 aromatic carbocycles. The minimum atomic E-state index is -0.342. The van der Waals surface area contributed by atoms with Crippen molar-refractivity contribution < 1.29 is 4.92 Å². The number of halogens is 1. The quantitative estimate of drug-likeness (QED) is 0.591. The van der Waals surface area contributed by atoms with E-state index in [-0.39, 0.29) is 10.6 Å². The summed E-state index contributed by atoms with van der Waals surface area (Å²) in [6.07, 6.45) is 2.79. The fourth-order valence-electron chi connectivity index (χ4n) is 1.82. The van der Waals surface area contributed by atoms with Crippen molar-refractivity contribution in [2.45, 2.75) is 27.2 Å². The summed E-state index contributed by atoms with van der Waals surface area (Å²) in [6.45, 7) is 8.08. The van der Waals surface area contributed by atoms with Crippen molar-refractivity contribution in [3.63, 3.8) is 0 Å². The first kappa shape index (κ1) is 16.9. The Morgan fingerprint density at radius 2 is 2.20 bits per heavy atom. The van der Waals surface area contributed by atoms with Crippen molar-refractivity contribution in [2.75, 3.05) is 13.1 Å². The molecule has 110 valence electrons. The molecule has 0 fully saturated rings. The molecule has 0 aromatic heterocycles. The van der Waals surface area contributed by atoms with Crippen molar-refractivity contribution in [1.29, 1.82) is 0 Å². The van der Waals surface area contributed by atoms with Crippen LogP contribution >= 0.6 is 15.9 Å².